The first-order valence-electron chi connectivity index (χ1n) is 9.96. The van der Waals surface area contributed by atoms with E-state index in [0.717, 1.165) is 45.3 Å². The molecule has 0 atom stereocenters. The van der Waals surface area contributed by atoms with Crippen molar-refractivity contribution < 1.29 is 9.59 Å². The first kappa shape index (κ1) is 18.7. The second kappa shape index (κ2) is 8.11. The topological polar surface area (TPSA) is 52.7 Å². The molecule has 3 amide bonds. The van der Waals surface area contributed by atoms with E-state index in [1.54, 1.807) is 0 Å². The van der Waals surface area contributed by atoms with Crippen molar-refractivity contribution in [1.82, 2.24) is 15.1 Å². The third-order valence-corrected chi connectivity index (χ3v) is 6.01. The third kappa shape index (κ3) is 4.02. The molecular weight excluding hydrogens is 326 g/mol. The number of hydrogen-bond acceptors (Lipinski definition) is 2. The Labute approximate surface area is 156 Å². The molecule has 0 radical (unpaired) electrons. The summed E-state index contributed by atoms with van der Waals surface area (Å²) in [7, 11) is 0. The molecule has 26 heavy (non-hydrogen) atoms. The van der Waals surface area contributed by atoms with Crippen molar-refractivity contribution in [2.75, 3.05) is 32.7 Å². The van der Waals surface area contributed by atoms with Crippen LogP contribution in [-0.4, -0.2) is 54.5 Å². The molecular formula is C21H31N3O2. The van der Waals surface area contributed by atoms with E-state index in [1.165, 1.54) is 5.56 Å². The largest absolute Gasteiger partial charge is 0.355 e. The van der Waals surface area contributed by atoms with Crippen LogP contribution in [0.5, 0.6) is 0 Å². The zero-order valence-electron chi connectivity index (χ0n) is 16.0. The second-order valence-electron chi connectivity index (χ2n) is 7.58. The smallest absolute Gasteiger partial charge is 0.319 e. The van der Waals surface area contributed by atoms with Gasteiger partial charge in [0.2, 0.25) is 5.91 Å². The van der Waals surface area contributed by atoms with Crippen molar-refractivity contribution >= 4 is 11.9 Å². The lowest BCUT2D eigenvalue weighted by Gasteiger charge is -2.35. The molecule has 0 spiro atoms. The van der Waals surface area contributed by atoms with Crippen LogP contribution in [0.4, 0.5) is 4.79 Å². The summed E-state index contributed by atoms with van der Waals surface area (Å²) in [6.45, 7) is 7.56. The zero-order valence-corrected chi connectivity index (χ0v) is 16.0. The van der Waals surface area contributed by atoms with Crippen LogP contribution in [0.15, 0.2) is 30.3 Å². The molecule has 1 saturated heterocycles. The van der Waals surface area contributed by atoms with Crippen molar-refractivity contribution in [1.29, 1.82) is 0 Å². The summed E-state index contributed by atoms with van der Waals surface area (Å²) in [4.78, 5) is 28.7. The predicted octanol–water partition coefficient (Wildman–Crippen LogP) is 3.01. The molecule has 1 aliphatic carbocycles. The van der Waals surface area contributed by atoms with Gasteiger partial charge >= 0.3 is 6.03 Å². The molecule has 1 aliphatic heterocycles. The number of nitrogens with one attached hydrogen (secondary N) is 1. The fourth-order valence-electron chi connectivity index (χ4n) is 3.94. The van der Waals surface area contributed by atoms with Gasteiger partial charge in [-0.1, -0.05) is 30.3 Å². The average Bonchev–Trinajstić information content (AvgIpc) is 3.49. The maximum Gasteiger partial charge on any atom is 0.319 e. The van der Waals surface area contributed by atoms with E-state index in [9.17, 15) is 9.59 Å². The van der Waals surface area contributed by atoms with Gasteiger partial charge in [-0.05, 0) is 45.1 Å². The Kier molecular flexibility index (Phi) is 5.84. The van der Waals surface area contributed by atoms with Crippen molar-refractivity contribution in [3.8, 4) is 0 Å². The highest BCUT2D eigenvalue weighted by Gasteiger charge is 2.44. The number of carbonyl (C=O) groups excluding carboxylic acids is 2. The summed E-state index contributed by atoms with van der Waals surface area (Å²) in [6, 6.07) is 10.6. The maximum absolute atomic E-state index is 12.6. The quantitative estimate of drug-likeness (QED) is 0.851. The van der Waals surface area contributed by atoms with Gasteiger partial charge in [0, 0.05) is 44.1 Å². The van der Waals surface area contributed by atoms with Gasteiger partial charge in [0.15, 0.2) is 0 Å². The Balaban J connectivity index is 1.47. The molecule has 5 heteroatoms. The number of hydrogen-bond donors (Lipinski definition) is 1. The van der Waals surface area contributed by atoms with Crippen LogP contribution in [0.25, 0.3) is 0 Å². The van der Waals surface area contributed by atoms with Crippen LogP contribution < -0.4 is 5.32 Å². The Hall–Kier alpha value is -2.04. The predicted molar refractivity (Wildman–Crippen MR) is 103 cm³/mol. The van der Waals surface area contributed by atoms with E-state index in [2.05, 4.69) is 29.6 Å². The van der Waals surface area contributed by atoms with Crippen LogP contribution >= 0.6 is 0 Å². The lowest BCUT2D eigenvalue weighted by atomic mass is 9.93. The van der Waals surface area contributed by atoms with Crippen LogP contribution in [0.2, 0.25) is 0 Å². The van der Waals surface area contributed by atoms with Gasteiger partial charge in [0.05, 0.1) is 0 Å². The first-order chi connectivity index (χ1) is 12.6. The van der Waals surface area contributed by atoms with Crippen molar-refractivity contribution in [2.45, 2.75) is 44.9 Å². The molecule has 2 fully saturated rings. The zero-order chi connectivity index (χ0) is 18.6. The Morgan fingerprint density at radius 2 is 1.73 bits per heavy atom. The normalized spacial score (nSPS) is 19.1. The van der Waals surface area contributed by atoms with Crippen LogP contribution in [0.3, 0.4) is 0 Å². The maximum atomic E-state index is 12.6. The van der Waals surface area contributed by atoms with Crippen LogP contribution in [0.1, 0.15) is 45.1 Å². The number of nitrogens with zero attached hydrogens (tertiary/aromatic N) is 2. The molecule has 1 heterocycles. The second-order valence-corrected chi connectivity index (χ2v) is 7.58. The van der Waals surface area contributed by atoms with Gasteiger partial charge < -0.3 is 15.1 Å². The van der Waals surface area contributed by atoms with E-state index in [0.29, 0.717) is 13.1 Å². The van der Waals surface area contributed by atoms with Gasteiger partial charge in [-0.15, -0.1) is 0 Å². The highest BCUT2D eigenvalue weighted by Crippen LogP contribution is 2.47. The Morgan fingerprint density at radius 3 is 2.27 bits per heavy atom. The molecule has 1 aromatic rings. The summed E-state index contributed by atoms with van der Waals surface area (Å²) in [5, 5.41) is 3.19. The minimum atomic E-state index is 0.0299. The summed E-state index contributed by atoms with van der Waals surface area (Å²) < 4.78 is 0. The number of carbonyl (C=O) groups is 2. The highest BCUT2D eigenvalue weighted by atomic mass is 16.2. The number of benzene rings is 1. The SMILES string of the molecule is CCN(CC)C(=O)N1CCC(C(=O)NCC2(c3ccccc3)CC2)CC1. The van der Waals surface area contributed by atoms with Gasteiger partial charge in [-0.3, -0.25) is 4.79 Å². The minimum Gasteiger partial charge on any atom is -0.355 e. The fraction of sp³-hybridized carbons (Fsp3) is 0.619. The molecule has 1 N–H and O–H groups in total. The van der Waals surface area contributed by atoms with E-state index < -0.39 is 0 Å². The molecule has 3 rings (SSSR count). The number of piperidine rings is 1. The standard InChI is InChI=1S/C21H31N3O2/c1-3-23(4-2)20(26)24-14-10-17(11-15-24)19(25)22-16-21(12-13-21)18-8-6-5-7-9-18/h5-9,17H,3-4,10-16H2,1-2H3,(H,22,25). The molecule has 1 saturated carbocycles. The molecule has 0 aromatic heterocycles. The highest BCUT2D eigenvalue weighted by molar-refractivity contribution is 5.80. The fourth-order valence-corrected chi connectivity index (χ4v) is 3.94. The summed E-state index contributed by atoms with van der Waals surface area (Å²) in [5.41, 5.74) is 1.48. The van der Waals surface area contributed by atoms with Crippen molar-refractivity contribution in [3.05, 3.63) is 35.9 Å². The third-order valence-electron chi connectivity index (χ3n) is 6.01. The van der Waals surface area contributed by atoms with Gasteiger partial charge in [0.1, 0.15) is 0 Å². The Morgan fingerprint density at radius 1 is 1.12 bits per heavy atom. The summed E-state index contributed by atoms with van der Waals surface area (Å²) >= 11 is 0. The van der Waals surface area contributed by atoms with E-state index in [-0.39, 0.29) is 23.3 Å². The van der Waals surface area contributed by atoms with Gasteiger partial charge in [-0.2, -0.15) is 0 Å². The molecule has 0 bridgehead atoms. The van der Waals surface area contributed by atoms with E-state index >= 15 is 0 Å². The van der Waals surface area contributed by atoms with Gasteiger partial charge in [-0.25, -0.2) is 4.79 Å². The number of likely N-dealkylation sites (tertiary alicyclic amines) is 1. The number of urea groups is 1. The first-order valence-corrected chi connectivity index (χ1v) is 9.96. The minimum absolute atomic E-state index is 0.0299. The summed E-state index contributed by atoms with van der Waals surface area (Å²) in [6.07, 6.45) is 3.82. The van der Waals surface area contributed by atoms with E-state index in [4.69, 9.17) is 0 Å². The van der Waals surface area contributed by atoms with Crippen LogP contribution in [0, 0.1) is 5.92 Å². The summed E-state index contributed by atoms with van der Waals surface area (Å²) in [5.74, 6) is 0.185. The molecule has 142 valence electrons. The molecule has 1 aromatic carbocycles. The molecule has 5 nitrogen and oxygen atoms in total. The lowest BCUT2D eigenvalue weighted by molar-refractivity contribution is -0.126. The van der Waals surface area contributed by atoms with Crippen LogP contribution in [-0.2, 0) is 10.2 Å². The Bertz CT molecular complexity index is 615. The van der Waals surface area contributed by atoms with Crippen molar-refractivity contribution in [2.24, 2.45) is 5.92 Å². The molecule has 2 aliphatic rings. The lowest BCUT2D eigenvalue weighted by Crippen LogP contribution is -2.48. The van der Waals surface area contributed by atoms with Gasteiger partial charge in [0.25, 0.3) is 0 Å². The number of amides is 3. The number of rotatable bonds is 6. The van der Waals surface area contributed by atoms with E-state index in [1.807, 2.05) is 29.7 Å². The average molecular weight is 357 g/mol. The monoisotopic (exact) mass is 357 g/mol. The molecule has 0 unspecified atom stereocenters. The van der Waals surface area contributed by atoms with Crippen molar-refractivity contribution in [3.63, 3.8) is 0 Å².